The van der Waals surface area contributed by atoms with E-state index in [1.54, 1.807) is 0 Å². The minimum atomic E-state index is -0.0405. The van der Waals surface area contributed by atoms with E-state index in [4.69, 9.17) is 2.69 Å². The van der Waals surface area contributed by atoms with E-state index >= 15 is 0 Å². The van der Waals surface area contributed by atoms with Gasteiger partial charge < -0.3 is 0 Å². The first kappa shape index (κ1) is 11.8. The van der Waals surface area contributed by atoms with E-state index in [0.717, 1.165) is 0 Å². The fourth-order valence-electron chi connectivity index (χ4n) is 0.683. The van der Waals surface area contributed by atoms with E-state index < -0.39 is 0 Å². The number of nitrogens with zero attached hydrogens (tertiary/aromatic N) is 1. The Morgan fingerprint density at radius 1 is 1.09 bits per heavy atom. The molecule has 0 rings (SSSR count). The Morgan fingerprint density at radius 3 is 1.55 bits per heavy atom. The zero-order valence-corrected chi connectivity index (χ0v) is 12.9. The van der Waals surface area contributed by atoms with E-state index in [1.807, 2.05) is 0 Å². The fraction of sp³-hybridized carbons (Fsp3) is 1.00. The topological polar surface area (TPSA) is 12.5 Å². The van der Waals surface area contributed by atoms with E-state index in [9.17, 15) is 0 Å². The molecule has 0 unspecified atom stereocenters. The third-order valence-corrected chi connectivity index (χ3v) is 5.18. The molecule has 0 fully saturated rings. The standard InChI is InChI=1S/C8H18NO.Pb.H/c1-7(2,9(5)6)8(3,4)10;;/h1-6H3;;/q-1;+1;. The number of rotatable bonds is 3. The van der Waals surface area contributed by atoms with E-state index in [1.165, 1.54) is 0 Å². The maximum atomic E-state index is 5.59. The van der Waals surface area contributed by atoms with Crippen LogP contribution in [0.15, 0.2) is 0 Å². The minimum absolute atomic E-state index is 0.0405. The van der Waals surface area contributed by atoms with Crippen molar-refractivity contribution < 1.29 is 2.69 Å². The third-order valence-electron chi connectivity index (χ3n) is 2.89. The average Bonchev–Trinajstić information content (AvgIpc) is 1.87. The van der Waals surface area contributed by atoms with Crippen molar-refractivity contribution in [2.45, 2.75) is 38.8 Å². The number of hydrogen-bond donors (Lipinski definition) is 0. The van der Waals surface area contributed by atoms with Gasteiger partial charge in [0.15, 0.2) is 0 Å². The van der Waals surface area contributed by atoms with E-state index in [2.05, 4.69) is 46.7 Å². The molecule has 0 aromatic carbocycles. The maximum absolute atomic E-state index is 5.59. The molecular formula is C8H19NOPb. The van der Waals surface area contributed by atoms with Gasteiger partial charge in [-0.15, -0.1) is 0 Å². The molecule has 0 heterocycles. The first-order chi connectivity index (χ1) is 4.75. The second kappa shape index (κ2) is 3.70. The molecule has 0 N–H and O–H groups in total. The summed E-state index contributed by atoms with van der Waals surface area (Å²) in [6.45, 7) is 8.70. The summed E-state index contributed by atoms with van der Waals surface area (Å²) in [6, 6.07) is 0. The second-order valence-corrected chi connectivity index (χ2v) is 5.00. The van der Waals surface area contributed by atoms with Crippen molar-refractivity contribution in [2.24, 2.45) is 0 Å². The van der Waals surface area contributed by atoms with Gasteiger partial charge in [0.25, 0.3) is 0 Å². The van der Waals surface area contributed by atoms with Crippen LogP contribution in [0.3, 0.4) is 0 Å². The summed E-state index contributed by atoms with van der Waals surface area (Å²) in [5, 5.41) is 0. The van der Waals surface area contributed by atoms with Crippen LogP contribution in [0.1, 0.15) is 27.7 Å². The summed E-state index contributed by atoms with van der Waals surface area (Å²) in [5.41, 5.74) is 0.0584. The van der Waals surface area contributed by atoms with Crippen molar-refractivity contribution in [1.29, 1.82) is 0 Å². The normalized spacial score (nSPS) is 14.2. The Hall–Kier alpha value is 0.842. The van der Waals surface area contributed by atoms with Crippen molar-refractivity contribution in [1.82, 2.24) is 4.90 Å². The Balaban J connectivity index is 4.53. The van der Waals surface area contributed by atoms with Crippen LogP contribution in [-0.4, -0.2) is 56.4 Å². The monoisotopic (exact) mass is 353 g/mol. The predicted octanol–water partition coefficient (Wildman–Crippen LogP) is 0.938. The third kappa shape index (κ3) is 2.39. The SMILES string of the molecule is CN(C)C(C)(C)C(C)(C)[O][PbH]. The van der Waals surface area contributed by atoms with Crippen molar-refractivity contribution in [3.63, 3.8) is 0 Å². The summed E-state index contributed by atoms with van der Waals surface area (Å²) < 4.78 is 5.59. The van der Waals surface area contributed by atoms with Crippen molar-refractivity contribution in [3.8, 4) is 0 Å². The summed E-state index contributed by atoms with van der Waals surface area (Å²) in [6.07, 6.45) is 0. The fourth-order valence-corrected chi connectivity index (χ4v) is 1.80. The molecule has 3 heteroatoms. The molecule has 0 aliphatic carbocycles. The van der Waals surface area contributed by atoms with Gasteiger partial charge in [-0.25, -0.2) is 0 Å². The second-order valence-electron chi connectivity index (χ2n) is 4.08. The Labute approximate surface area is 86.6 Å². The molecule has 0 aliphatic heterocycles. The molecule has 0 saturated heterocycles. The molecule has 0 aromatic heterocycles. The van der Waals surface area contributed by atoms with Gasteiger partial charge >= 0.3 is 86.7 Å². The number of hydrogen-bond acceptors (Lipinski definition) is 2. The van der Waals surface area contributed by atoms with Crippen molar-refractivity contribution >= 4 is 26.2 Å². The zero-order chi connectivity index (χ0) is 9.28. The molecule has 11 heavy (non-hydrogen) atoms. The summed E-state index contributed by atoms with van der Waals surface area (Å²) in [4.78, 5) is 2.20. The summed E-state index contributed by atoms with van der Waals surface area (Å²) >= 11 is 0.606. The van der Waals surface area contributed by atoms with Gasteiger partial charge in [-0.3, -0.25) is 0 Å². The van der Waals surface area contributed by atoms with E-state index in [-0.39, 0.29) is 11.1 Å². The zero-order valence-electron chi connectivity index (χ0n) is 8.43. The molecule has 0 saturated carbocycles. The van der Waals surface area contributed by atoms with Crippen LogP contribution >= 0.6 is 0 Å². The van der Waals surface area contributed by atoms with Crippen LogP contribution in [0, 0.1) is 0 Å². The van der Waals surface area contributed by atoms with Gasteiger partial charge in [-0.05, 0) is 0 Å². The van der Waals surface area contributed by atoms with Gasteiger partial charge in [-0.1, -0.05) is 0 Å². The van der Waals surface area contributed by atoms with Crippen LogP contribution in [0.2, 0.25) is 0 Å². The Kier molecular flexibility index (Phi) is 3.99. The molecule has 66 valence electrons. The first-order valence-corrected chi connectivity index (χ1v) is 5.64. The van der Waals surface area contributed by atoms with Crippen LogP contribution in [0.5, 0.6) is 0 Å². The molecule has 2 radical (unpaired) electrons. The molecule has 0 aliphatic rings. The van der Waals surface area contributed by atoms with Crippen LogP contribution in [0.25, 0.3) is 0 Å². The Bertz CT molecular complexity index is 132. The molecule has 0 amide bonds. The van der Waals surface area contributed by atoms with Crippen LogP contribution in [-0.2, 0) is 2.69 Å². The van der Waals surface area contributed by atoms with Gasteiger partial charge in [0, 0.05) is 0 Å². The quantitative estimate of drug-likeness (QED) is 0.701. The average molecular weight is 352 g/mol. The molecule has 0 bridgehead atoms. The Morgan fingerprint density at radius 2 is 1.45 bits per heavy atom. The molecular weight excluding hydrogens is 333 g/mol. The van der Waals surface area contributed by atoms with Crippen LogP contribution < -0.4 is 0 Å². The first-order valence-electron chi connectivity index (χ1n) is 3.81. The van der Waals surface area contributed by atoms with Gasteiger partial charge in [0.1, 0.15) is 0 Å². The molecule has 0 atom stereocenters. The number of likely N-dealkylation sites (N-methyl/N-ethyl adjacent to an activating group) is 1. The molecule has 0 aromatic rings. The van der Waals surface area contributed by atoms with Gasteiger partial charge in [-0.2, -0.15) is 0 Å². The molecule has 0 spiro atoms. The van der Waals surface area contributed by atoms with Crippen molar-refractivity contribution in [3.05, 3.63) is 0 Å². The summed E-state index contributed by atoms with van der Waals surface area (Å²) in [7, 11) is 4.18. The van der Waals surface area contributed by atoms with Gasteiger partial charge in [0.05, 0.1) is 0 Å². The van der Waals surface area contributed by atoms with Crippen LogP contribution in [0.4, 0.5) is 0 Å². The summed E-state index contributed by atoms with van der Waals surface area (Å²) in [5.74, 6) is 0. The van der Waals surface area contributed by atoms with Gasteiger partial charge in [0.2, 0.25) is 0 Å². The predicted molar refractivity (Wildman–Crippen MR) is 50.1 cm³/mol. The molecule has 2 nitrogen and oxygen atoms in total. The van der Waals surface area contributed by atoms with Crippen molar-refractivity contribution in [2.75, 3.05) is 14.1 Å². The van der Waals surface area contributed by atoms with E-state index in [0.29, 0.717) is 26.2 Å².